The Labute approximate surface area is 129 Å². The normalized spacial score (nSPS) is 32.9. The summed E-state index contributed by atoms with van der Waals surface area (Å²) < 4.78 is 5.26. The Hall–Kier alpha value is -1.88. The van der Waals surface area contributed by atoms with Crippen molar-refractivity contribution >= 4 is 17.6 Å². The Bertz CT molecular complexity index is 645. The Kier molecular flexibility index (Phi) is 3.01. The third-order valence-corrected chi connectivity index (χ3v) is 5.36. The van der Waals surface area contributed by atoms with Crippen molar-refractivity contribution in [2.24, 2.45) is 5.92 Å². The Morgan fingerprint density at radius 3 is 3.09 bits per heavy atom. The van der Waals surface area contributed by atoms with E-state index in [0.29, 0.717) is 13.0 Å². The number of hydrogen-bond donors (Lipinski definition) is 1. The summed E-state index contributed by atoms with van der Waals surface area (Å²) in [5.74, 6) is -0.361. The van der Waals surface area contributed by atoms with Gasteiger partial charge in [-0.25, -0.2) is 0 Å². The van der Waals surface area contributed by atoms with E-state index >= 15 is 0 Å². The number of hydrogen-bond acceptors (Lipinski definition) is 4. The van der Waals surface area contributed by atoms with Crippen molar-refractivity contribution in [3.63, 3.8) is 0 Å². The predicted molar refractivity (Wildman–Crippen MR) is 81.2 cm³/mol. The molecule has 0 saturated carbocycles. The molecule has 0 radical (unpaired) electrons. The lowest BCUT2D eigenvalue weighted by Crippen LogP contribution is -2.47. The number of esters is 1. The highest BCUT2D eigenvalue weighted by atomic mass is 16.5. The minimum absolute atomic E-state index is 0.00685. The highest BCUT2D eigenvalue weighted by Gasteiger charge is 2.63. The number of fused-ring (bicyclic) bond motifs is 4. The number of carbonyl (C=O) groups excluding carboxylic acids is 2. The number of carbonyl (C=O) groups is 2. The van der Waals surface area contributed by atoms with E-state index in [1.54, 1.807) is 0 Å². The highest BCUT2D eigenvalue weighted by Crippen LogP contribution is 2.54. The van der Waals surface area contributed by atoms with Gasteiger partial charge in [-0.15, -0.1) is 0 Å². The average molecular weight is 300 g/mol. The maximum absolute atomic E-state index is 12.8. The number of rotatable bonds is 2. The van der Waals surface area contributed by atoms with Gasteiger partial charge in [0.1, 0.15) is 5.54 Å². The van der Waals surface area contributed by atoms with Gasteiger partial charge >= 0.3 is 5.97 Å². The Morgan fingerprint density at radius 1 is 1.45 bits per heavy atom. The maximum Gasteiger partial charge on any atom is 0.310 e. The summed E-state index contributed by atoms with van der Waals surface area (Å²) in [5, 5.41) is 3.00. The van der Waals surface area contributed by atoms with Crippen molar-refractivity contribution < 1.29 is 14.3 Å². The van der Waals surface area contributed by atoms with Crippen LogP contribution in [0.4, 0.5) is 5.69 Å². The van der Waals surface area contributed by atoms with Crippen LogP contribution in [0.2, 0.25) is 0 Å². The number of anilines is 1. The SMILES string of the molecule is CCOC(=O)[C@@H]1C[C@]2(C(=O)Nc3ccccc32)N2CCC[C@H]12. The first kappa shape index (κ1) is 13.8. The molecule has 3 aliphatic rings. The molecule has 0 aromatic heterocycles. The molecule has 0 bridgehead atoms. The van der Waals surface area contributed by atoms with Gasteiger partial charge in [-0.1, -0.05) is 18.2 Å². The van der Waals surface area contributed by atoms with Crippen LogP contribution >= 0.6 is 0 Å². The van der Waals surface area contributed by atoms with E-state index in [4.69, 9.17) is 4.74 Å². The second-order valence-electron chi connectivity index (χ2n) is 6.33. The molecule has 1 aromatic rings. The molecule has 116 valence electrons. The monoisotopic (exact) mass is 300 g/mol. The molecule has 22 heavy (non-hydrogen) atoms. The average Bonchev–Trinajstić information content (AvgIpc) is 3.16. The van der Waals surface area contributed by atoms with Crippen LogP contribution in [0.1, 0.15) is 31.7 Å². The fraction of sp³-hybridized carbons (Fsp3) is 0.529. The summed E-state index contributed by atoms with van der Waals surface area (Å²) >= 11 is 0. The van der Waals surface area contributed by atoms with E-state index in [0.717, 1.165) is 30.6 Å². The van der Waals surface area contributed by atoms with Gasteiger partial charge in [0.2, 0.25) is 5.91 Å². The van der Waals surface area contributed by atoms with Gasteiger partial charge < -0.3 is 10.1 Å². The molecule has 3 atom stereocenters. The Morgan fingerprint density at radius 2 is 2.27 bits per heavy atom. The number of para-hydroxylation sites is 1. The van der Waals surface area contributed by atoms with Crippen LogP contribution in [0.25, 0.3) is 0 Å². The molecule has 4 rings (SSSR count). The zero-order valence-electron chi connectivity index (χ0n) is 12.7. The van der Waals surface area contributed by atoms with Crippen LogP contribution in [0.5, 0.6) is 0 Å². The third-order valence-electron chi connectivity index (χ3n) is 5.36. The zero-order chi connectivity index (χ0) is 15.3. The van der Waals surface area contributed by atoms with E-state index in [1.807, 2.05) is 31.2 Å². The third kappa shape index (κ3) is 1.63. The number of nitrogens with zero attached hydrogens (tertiary/aromatic N) is 1. The van der Waals surface area contributed by atoms with Gasteiger partial charge in [-0.2, -0.15) is 0 Å². The molecule has 0 unspecified atom stereocenters. The number of nitrogens with one attached hydrogen (secondary N) is 1. The molecule has 5 nitrogen and oxygen atoms in total. The molecule has 2 saturated heterocycles. The predicted octanol–water partition coefficient (Wildman–Crippen LogP) is 1.88. The van der Waals surface area contributed by atoms with Gasteiger partial charge in [-0.3, -0.25) is 14.5 Å². The minimum atomic E-state index is -0.685. The quantitative estimate of drug-likeness (QED) is 0.847. The summed E-state index contributed by atoms with van der Waals surface area (Å²) in [6.45, 7) is 3.08. The molecular formula is C17H20N2O3. The minimum Gasteiger partial charge on any atom is -0.466 e. The van der Waals surface area contributed by atoms with Crippen LogP contribution in [-0.2, 0) is 19.9 Å². The lowest BCUT2D eigenvalue weighted by atomic mass is 9.84. The van der Waals surface area contributed by atoms with Crippen molar-refractivity contribution in [2.75, 3.05) is 18.5 Å². The molecule has 1 aromatic carbocycles. The lowest BCUT2D eigenvalue weighted by molar-refractivity contribution is -0.148. The summed E-state index contributed by atoms with van der Waals surface area (Å²) in [7, 11) is 0. The van der Waals surface area contributed by atoms with E-state index in [-0.39, 0.29) is 23.8 Å². The molecule has 5 heteroatoms. The summed E-state index contributed by atoms with van der Waals surface area (Å²) in [6.07, 6.45) is 2.51. The molecule has 1 N–H and O–H groups in total. The van der Waals surface area contributed by atoms with Crippen molar-refractivity contribution in [3.8, 4) is 0 Å². The Balaban J connectivity index is 1.79. The van der Waals surface area contributed by atoms with E-state index in [2.05, 4.69) is 10.2 Å². The second-order valence-corrected chi connectivity index (χ2v) is 6.33. The first-order chi connectivity index (χ1) is 10.7. The maximum atomic E-state index is 12.8. The van der Waals surface area contributed by atoms with Gasteiger partial charge in [-0.05, 0) is 38.8 Å². The molecule has 3 heterocycles. The highest BCUT2D eigenvalue weighted by molar-refractivity contribution is 6.06. The first-order valence-corrected chi connectivity index (χ1v) is 8.03. The molecule has 0 aliphatic carbocycles. The van der Waals surface area contributed by atoms with Crippen molar-refractivity contribution in [1.82, 2.24) is 4.90 Å². The summed E-state index contributed by atoms with van der Waals surface area (Å²) in [6, 6.07) is 7.96. The van der Waals surface area contributed by atoms with Gasteiger partial charge in [0.15, 0.2) is 0 Å². The van der Waals surface area contributed by atoms with Crippen LogP contribution in [-0.4, -0.2) is 36.0 Å². The van der Waals surface area contributed by atoms with Gasteiger partial charge in [0.05, 0.1) is 12.5 Å². The van der Waals surface area contributed by atoms with Crippen LogP contribution in [0, 0.1) is 5.92 Å². The van der Waals surface area contributed by atoms with Crippen LogP contribution in [0.15, 0.2) is 24.3 Å². The molecule has 1 spiro atoms. The molecule has 1 amide bonds. The fourth-order valence-corrected chi connectivity index (χ4v) is 4.53. The van der Waals surface area contributed by atoms with Gasteiger partial charge in [0, 0.05) is 17.3 Å². The number of ether oxygens (including phenoxy) is 1. The van der Waals surface area contributed by atoms with E-state index in [9.17, 15) is 9.59 Å². The first-order valence-electron chi connectivity index (χ1n) is 8.03. The smallest absolute Gasteiger partial charge is 0.310 e. The van der Waals surface area contributed by atoms with Gasteiger partial charge in [0.25, 0.3) is 0 Å². The largest absolute Gasteiger partial charge is 0.466 e. The zero-order valence-corrected chi connectivity index (χ0v) is 12.7. The standard InChI is InChI=1S/C17H20N2O3/c1-2-22-15(20)11-10-17(19-9-5-8-14(11)19)12-6-3-4-7-13(12)18-16(17)21/h3-4,6-7,11,14H,2,5,8-10H2,1H3,(H,18,21)/t11-,14-,17+/m1/s1. The van der Waals surface area contributed by atoms with Crippen LogP contribution in [0.3, 0.4) is 0 Å². The second kappa shape index (κ2) is 4.81. The van der Waals surface area contributed by atoms with Crippen LogP contribution < -0.4 is 5.32 Å². The van der Waals surface area contributed by atoms with Crippen molar-refractivity contribution in [1.29, 1.82) is 0 Å². The topological polar surface area (TPSA) is 58.6 Å². The fourth-order valence-electron chi connectivity index (χ4n) is 4.53. The molecular weight excluding hydrogens is 280 g/mol. The lowest BCUT2D eigenvalue weighted by Gasteiger charge is -2.32. The number of amides is 1. The molecule has 3 aliphatic heterocycles. The molecule has 2 fully saturated rings. The van der Waals surface area contributed by atoms with Crippen molar-refractivity contribution in [2.45, 2.75) is 37.8 Å². The van der Waals surface area contributed by atoms with E-state index in [1.165, 1.54) is 0 Å². The summed E-state index contributed by atoms with van der Waals surface area (Å²) in [4.78, 5) is 27.4. The number of benzene rings is 1. The summed E-state index contributed by atoms with van der Waals surface area (Å²) in [5.41, 5.74) is 1.20. The van der Waals surface area contributed by atoms with E-state index < -0.39 is 5.54 Å². The van der Waals surface area contributed by atoms with Crippen molar-refractivity contribution in [3.05, 3.63) is 29.8 Å².